The van der Waals surface area contributed by atoms with E-state index in [9.17, 15) is 9.90 Å². The van der Waals surface area contributed by atoms with Gasteiger partial charge in [-0.3, -0.25) is 0 Å². The number of hydrogen-bond donors (Lipinski definition) is 1. The Labute approximate surface area is 139 Å². The maximum atomic E-state index is 11.5. The highest BCUT2D eigenvalue weighted by atomic mass is 79.9. The molecule has 21 heavy (non-hydrogen) atoms. The second kappa shape index (κ2) is 6.49. The van der Waals surface area contributed by atoms with Crippen molar-refractivity contribution in [2.45, 2.75) is 0 Å². The van der Waals surface area contributed by atoms with Crippen LogP contribution < -0.4 is 9.47 Å². The molecule has 0 atom stereocenters. The highest BCUT2D eigenvalue weighted by Gasteiger charge is 2.19. The third-order valence-corrected chi connectivity index (χ3v) is 4.23. The van der Waals surface area contributed by atoms with E-state index >= 15 is 0 Å². The third kappa shape index (κ3) is 3.06. The predicted molar refractivity (Wildman–Crippen MR) is 87.3 cm³/mol. The van der Waals surface area contributed by atoms with Crippen LogP contribution in [0.15, 0.2) is 39.3 Å². The number of carbonyl (C=O) groups is 1. The fourth-order valence-corrected chi connectivity index (χ4v) is 3.07. The fraction of sp³-hybridized carbons (Fsp3) is 0.133. The van der Waals surface area contributed by atoms with E-state index in [1.807, 2.05) is 0 Å². The van der Waals surface area contributed by atoms with E-state index in [1.54, 1.807) is 37.4 Å². The van der Waals surface area contributed by atoms with E-state index in [-0.39, 0.29) is 5.56 Å². The van der Waals surface area contributed by atoms with E-state index in [0.29, 0.717) is 31.6 Å². The average Bonchev–Trinajstić information content (AvgIpc) is 2.46. The van der Waals surface area contributed by atoms with Crippen molar-refractivity contribution in [1.82, 2.24) is 0 Å². The van der Waals surface area contributed by atoms with Crippen molar-refractivity contribution in [1.29, 1.82) is 0 Å². The van der Waals surface area contributed by atoms with Crippen LogP contribution in [-0.4, -0.2) is 25.3 Å². The molecule has 6 heteroatoms. The van der Waals surface area contributed by atoms with Crippen molar-refractivity contribution < 1.29 is 19.4 Å². The maximum Gasteiger partial charge on any atom is 0.336 e. The summed E-state index contributed by atoms with van der Waals surface area (Å²) < 4.78 is 12.0. The quantitative estimate of drug-likeness (QED) is 0.793. The third-order valence-electron chi connectivity index (χ3n) is 2.99. The molecule has 0 fully saturated rings. The molecule has 0 aliphatic heterocycles. The molecule has 0 unspecified atom stereocenters. The minimum absolute atomic E-state index is 0.194. The number of methoxy groups -OCH3 is 2. The van der Waals surface area contributed by atoms with Crippen LogP contribution in [0.4, 0.5) is 0 Å². The standard InChI is InChI=1S/C15H12Br2O4/c1-20-12-6-5-10(14(21-2)13(12)17)9-4-3-8(16)7-11(9)15(18)19/h3-7H,1-2H3,(H,18,19). The van der Waals surface area contributed by atoms with Gasteiger partial charge >= 0.3 is 5.97 Å². The molecule has 2 rings (SSSR count). The zero-order chi connectivity index (χ0) is 15.6. The Balaban J connectivity index is 2.73. The van der Waals surface area contributed by atoms with E-state index in [2.05, 4.69) is 31.9 Å². The zero-order valence-corrected chi connectivity index (χ0v) is 14.5. The number of halogens is 2. The molecular formula is C15H12Br2O4. The van der Waals surface area contributed by atoms with Crippen molar-refractivity contribution >= 4 is 37.8 Å². The number of ether oxygens (including phenoxy) is 2. The van der Waals surface area contributed by atoms with Gasteiger partial charge in [0.2, 0.25) is 0 Å². The summed E-state index contributed by atoms with van der Waals surface area (Å²) in [6.07, 6.45) is 0. The first-order valence-electron chi connectivity index (χ1n) is 5.93. The molecule has 2 aromatic carbocycles. The van der Waals surface area contributed by atoms with E-state index in [0.717, 1.165) is 0 Å². The minimum atomic E-state index is -1.000. The van der Waals surface area contributed by atoms with Gasteiger partial charge in [-0.15, -0.1) is 0 Å². The Morgan fingerprint density at radius 2 is 1.71 bits per heavy atom. The van der Waals surface area contributed by atoms with Crippen molar-refractivity contribution in [3.8, 4) is 22.6 Å². The normalized spacial score (nSPS) is 10.3. The van der Waals surface area contributed by atoms with Crippen molar-refractivity contribution in [3.63, 3.8) is 0 Å². The summed E-state index contributed by atoms with van der Waals surface area (Å²) in [5.41, 5.74) is 1.45. The number of carboxylic acids is 1. The monoisotopic (exact) mass is 414 g/mol. The SMILES string of the molecule is COc1ccc(-c2ccc(Br)cc2C(=O)O)c(OC)c1Br. The van der Waals surface area contributed by atoms with Gasteiger partial charge in [0.1, 0.15) is 16.0 Å². The molecule has 0 amide bonds. The van der Waals surface area contributed by atoms with Gasteiger partial charge in [-0.05, 0) is 45.8 Å². The highest BCUT2D eigenvalue weighted by molar-refractivity contribution is 9.11. The number of benzene rings is 2. The summed E-state index contributed by atoms with van der Waals surface area (Å²) in [6, 6.07) is 8.63. The van der Waals surface area contributed by atoms with Crippen LogP contribution in [0, 0.1) is 0 Å². The molecule has 0 radical (unpaired) electrons. The van der Waals surface area contributed by atoms with Crippen molar-refractivity contribution in [2.75, 3.05) is 14.2 Å². The molecule has 0 saturated carbocycles. The van der Waals surface area contributed by atoms with Gasteiger partial charge in [0.15, 0.2) is 0 Å². The van der Waals surface area contributed by atoms with Gasteiger partial charge in [-0.1, -0.05) is 22.0 Å². The predicted octanol–water partition coefficient (Wildman–Crippen LogP) is 4.59. The van der Waals surface area contributed by atoms with Crippen molar-refractivity contribution in [3.05, 3.63) is 44.8 Å². The molecule has 1 N–H and O–H groups in total. The molecule has 0 heterocycles. The van der Waals surface area contributed by atoms with Gasteiger partial charge in [0, 0.05) is 10.0 Å². The number of hydrogen-bond acceptors (Lipinski definition) is 3. The van der Waals surface area contributed by atoms with Crippen LogP contribution in [0.1, 0.15) is 10.4 Å². The zero-order valence-electron chi connectivity index (χ0n) is 11.3. The van der Waals surface area contributed by atoms with Crippen LogP contribution >= 0.6 is 31.9 Å². The Bertz CT molecular complexity index is 698. The van der Waals surface area contributed by atoms with Crippen LogP contribution in [-0.2, 0) is 0 Å². The minimum Gasteiger partial charge on any atom is -0.495 e. The molecule has 0 aliphatic rings. The van der Waals surface area contributed by atoms with Gasteiger partial charge in [0.25, 0.3) is 0 Å². The lowest BCUT2D eigenvalue weighted by atomic mass is 9.98. The van der Waals surface area contributed by atoms with Crippen LogP contribution in [0.2, 0.25) is 0 Å². The molecule has 0 aliphatic carbocycles. The number of rotatable bonds is 4. The molecule has 0 spiro atoms. The topological polar surface area (TPSA) is 55.8 Å². The Morgan fingerprint density at radius 1 is 1.05 bits per heavy atom. The Hall–Kier alpha value is -1.53. The molecule has 110 valence electrons. The number of carboxylic acid groups (broad SMARTS) is 1. The first-order valence-corrected chi connectivity index (χ1v) is 7.52. The molecule has 0 saturated heterocycles. The average molecular weight is 416 g/mol. The van der Waals surface area contributed by atoms with Gasteiger partial charge in [-0.2, -0.15) is 0 Å². The lowest BCUT2D eigenvalue weighted by molar-refractivity contribution is 0.0697. The summed E-state index contributed by atoms with van der Waals surface area (Å²) in [5.74, 6) is 0.143. The van der Waals surface area contributed by atoms with Gasteiger partial charge in [0.05, 0.1) is 19.8 Å². The maximum absolute atomic E-state index is 11.5. The summed E-state index contributed by atoms with van der Waals surface area (Å²) in [5, 5.41) is 9.39. The summed E-state index contributed by atoms with van der Waals surface area (Å²) in [6.45, 7) is 0. The van der Waals surface area contributed by atoms with E-state index < -0.39 is 5.97 Å². The van der Waals surface area contributed by atoms with Crippen molar-refractivity contribution in [2.24, 2.45) is 0 Å². The fourth-order valence-electron chi connectivity index (χ4n) is 2.04. The lowest BCUT2D eigenvalue weighted by Crippen LogP contribution is -2.01. The van der Waals surface area contributed by atoms with Crippen LogP contribution in [0.25, 0.3) is 11.1 Å². The Kier molecular flexibility index (Phi) is 4.90. The second-order valence-electron chi connectivity index (χ2n) is 4.16. The largest absolute Gasteiger partial charge is 0.495 e. The van der Waals surface area contributed by atoms with Crippen LogP contribution in [0.3, 0.4) is 0 Å². The van der Waals surface area contributed by atoms with Crippen LogP contribution in [0.5, 0.6) is 11.5 Å². The number of aromatic carboxylic acids is 1. The first-order chi connectivity index (χ1) is 9.99. The van der Waals surface area contributed by atoms with E-state index in [4.69, 9.17) is 9.47 Å². The molecule has 0 aromatic heterocycles. The molecular weight excluding hydrogens is 404 g/mol. The molecule has 4 nitrogen and oxygen atoms in total. The smallest absolute Gasteiger partial charge is 0.336 e. The second-order valence-corrected chi connectivity index (χ2v) is 5.87. The molecule has 2 aromatic rings. The lowest BCUT2D eigenvalue weighted by Gasteiger charge is -2.15. The summed E-state index contributed by atoms with van der Waals surface area (Å²) in [4.78, 5) is 11.5. The molecule has 0 bridgehead atoms. The Morgan fingerprint density at radius 3 is 2.29 bits per heavy atom. The highest BCUT2D eigenvalue weighted by Crippen LogP contribution is 2.43. The van der Waals surface area contributed by atoms with Gasteiger partial charge < -0.3 is 14.6 Å². The van der Waals surface area contributed by atoms with Gasteiger partial charge in [-0.25, -0.2) is 4.79 Å². The first kappa shape index (κ1) is 15.9. The summed E-state index contributed by atoms with van der Waals surface area (Å²) in [7, 11) is 3.09. The summed E-state index contributed by atoms with van der Waals surface area (Å²) >= 11 is 6.71. The van der Waals surface area contributed by atoms with E-state index in [1.165, 1.54) is 7.11 Å².